The summed E-state index contributed by atoms with van der Waals surface area (Å²) in [5.74, 6) is 0. The van der Waals surface area contributed by atoms with Crippen molar-refractivity contribution < 1.29 is 15.4 Å². The average molecular weight is 631 g/mol. The minimum atomic E-state index is -0.555. The van der Waals surface area contributed by atoms with Gasteiger partial charge in [0.2, 0.25) is 0 Å². The fourth-order valence-electron chi connectivity index (χ4n) is 7.32. The van der Waals surface area contributed by atoms with Gasteiger partial charge in [0, 0.05) is 10.8 Å². The van der Waals surface area contributed by atoms with Crippen LogP contribution in [0.2, 0.25) is 0 Å². The molecule has 9 aromatic carbocycles. The van der Waals surface area contributed by atoms with Crippen LogP contribution in [0.5, 0.6) is 0 Å². The van der Waals surface area contributed by atoms with Gasteiger partial charge in [-0.2, -0.15) is 0 Å². The van der Waals surface area contributed by atoms with E-state index in [2.05, 4.69) is 30.3 Å². The second-order valence-corrected chi connectivity index (χ2v) is 12.2. The summed E-state index contributed by atoms with van der Waals surface area (Å²) in [4.78, 5) is 0. The molecular weight excluding hydrogens is 593 g/mol. The molecule has 0 unspecified atom stereocenters. The lowest BCUT2D eigenvalue weighted by atomic mass is 9.83. The molecule has 0 bridgehead atoms. The lowest BCUT2D eigenvalue weighted by molar-refractivity contribution is 0.669. The molecule has 0 atom stereocenters. The first-order chi connectivity index (χ1) is 27.7. The van der Waals surface area contributed by atoms with Gasteiger partial charge in [-0.25, -0.2) is 0 Å². The molecule has 1 heterocycles. The van der Waals surface area contributed by atoms with E-state index in [4.69, 9.17) is 11.3 Å². The van der Waals surface area contributed by atoms with Gasteiger partial charge >= 0.3 is 0 Å². The highest BCUT2D eigenvalue weighted by Crippen LogP contribution is 2.48. The second-order valence-electron chi connectivity index (χ2n) is 12.2. The molecular formula is C48H30O. The SMILES string of the molecule is [2H]c1c([2H])c([2H])c(-c2c([2H])c([2H])c(-c3c4ccccc4c(-c4cccc5oc6cc7ccccc7cc6c45)c4ccccc34)c([2H])c2-c2ccccc2)c([2H])c1[2H]. The topological polar surface area (TPSA) is 13.1 Å². The van der Waals surface area contributed by atoms with Gasteiger partial charge in [0.15, 0.2) is 0 Å². The molecule has 0 N–H and O–H groups in total. The first kappa shape index (κ1) is 20.7. The van der Waals surface area contributed by atoms with Gasteiger partial charge < -0.3 is 4.42 Å². The van der Waals surface area contributed by atoms with Crippen LogP contribution in [0, 0.1) is 0 Å². The molecule has 1 heteroatoms. The Hall–Kier alpha value is -6.44. The van der Waals surface area contributed by atoms with Crippen molar-refractivity contribution in [1.29, 1.82) is 0 Å². The van der Waals surface area contributed by atoms with Crippen LogP contribution in [0.3, 0.4) is 0 Å². The Bertz CT molecular complexity index is 3250. The summed E-state index contributed by atoms with van der Waals surface area (Å²) in [6.07, 6.45) is 0. The van der Waals surface area contributed by atoms with E-state index in [1.165, 1.54) is 0 Å². The molecule has 10 aromatic rings. The molecule has 0 aliphatic rings. The Balaban J connectivity index is 1.34. The van der Waals surface area contributed by atoms with Crippen molar-refractivity contribution in [1.82, 2.24) is 0 Å². The molecule has 0 saturated heterocycles. The molecule has 0 aliphatic heterocycles. The minimum Gasteiger partial charge on any atom is -0.456 e. The molecule has 0 saturated carbocycles. The fraction of sp³-hybridized carbons (Fsp3) is 0. The molecule has 0 fully saturated rings. The summed E-state index contributed by atoms with van der Waals surface area (Å²) in [5.41, 5.74) is 4.78. The van der Waals surface area contributed by atoms with E-state index in [-0.39, 0.29) is 40.4 Å². The standard InChI is InChI=1S/C48H30O/c1-3-14-31(15-4-1)36-27-26-35(29-42(36)32-16-5-2-6-17-32)46-37-20-9-11-22-39(37)47(40-23-12-10-21-38(40)46)41-24-13-25-44-48(41)43-28-33-18-7-8-19-34(33)30-45(43)49-44/h1-30H/i1D,3D,4D,14D,15D,26D,27D,29D. The summed E-state index contributed by atoms with van der Waals surface area (Å²) in [5, 5.41) is 7.48. The predicted octanol–water partition coefficient (Wildman–Crippen LogP) is 13.7. The maximum Gasteiger partial charge on any atom is 0.136 e. The largest absolute Gasteiger partial charge is 0.456 e. The highest BCUT2D eigenvalue weighted by Gasteiger charge is 2.21. The molecule has 1 nitrogen and oxygen atoms in total. The van der Waals surface area contributed by atoms with E-state index in [1.807, 2.05) is 78.9 Å². The zero-order valence-corrected chi connectivity index (χ0v) is 26.1. The molecule has 228 valence electrons. The van der Waals surface area contributed by atoms with E-state index in [1.54, 1.807) is 24.3 Å². The Morgan fingerprint density at radius 1 is 0.388 bits per heavy atom. The molecule has 0 spiro atoms. The first-order valence-electron chi connectivity index (χ1n) is 20.2. The number of furan rings is 1. The van der Waals surface area contributed by atoms with Crippen LogP contribution in [-0.2, 0) is 0 Å². The molecule has 49 heavy (non-hydrogen) atoms. The van der Waals surface area contributed by atoms with Crippen LogP contribution in [0.15, 0.2) is 186 Å². The summed E-state index contributed by atoms with van der Waals surface area (Å²) in [7, 11) is 0. The van der Waals surface area contributed by atoms with Crippen molar-refractivity contribution in [2.45, 2.75) is 0 Å². The average Bonchev–Trinajstić information content (AvgIpc) is 3.61. The van der Waals surface area contributed by atoms with Crippen LogP contribution >= 0.6 is 0 Å². The summed E-state index contributed by atoms with van der Waals surface area (Å²) >= 11 is 0. The lowest BCUT2D eigenvalue weighted by Gasteiger charge is -2.19. The third kappa shape index (κ3) is 4.40. The quantitative estimate of drug-likeness (QED) is 0.176. The highest BCUT2D eigenvalue weighted by atomic mass is 16.3. The Morgan fingerprint density at radius 2 is 1.02 bits per heavy atom. The number of benzene rings is 9. The minimum absolute atomic E-state index is 0.0479. The Labute approximate surface area is 295 Å². The smallest absolute Gasteiger partial charge is 0.136 e. The maximum atomic E-state index is 9.98. The zero-order valence-electron chi connectivity index (χ0n) is 34.1. The third-order valence-electron chi connectivity index (χ3n) is 9.44. The zero-order chi connectivity index (χ0) is 39.3. The normalized spacial score (nSPS) is 14.0. The van der Waals surface area contributed by atoms with Crippen molar-refractivity contribution >= 4 is 54.3 Å². The van der Waals surface area contributed by atoms with Crippen LogP contribution in [0.4, 0.5) is 0 Å². The van der Waals surface area contributed by atoms with Gasteiger partial charge in [-0.1, -0.05) is 158 Å². The van der Waals surface area contributed by atoms with Gasteiger partial charge in [-0.15, -0.1) is 0 Å². The van der Waals surface area contributed by atoms with Gasteiger partial charge in [-0.05, 0) is 101 Å². The second kappa shape index (κ2) is 11.1. The van der Waals surface area contributed by atoms with E-state index in [0.29, 0.717) is 11.1 Å². The van der Waals surface area contributed by atoms with Crippen LogP contribution in [-0.4, -0.2) is 0 Å². The van der Waals surface area contributed by atoms with Gasteiger partial charge in [0.1, 0.15) is 11.2 Å². The van der Waals surface area contributed by atoms with Crippen LogP contribution in [0.1, 0.15) is 11.0 Å². The van der Waals surface area contributed by atoms with Crippen molar-refractivity contribution in [3.8, 4) is 44.5 Å². The third-order valence-corrected chi connectivity index (χ3v) is 9.44. The maximum absolute atomic E-state index is 9.98. The Morgan fingerprint density at radius 3 is 1.73 bits per heavy atom. The van der Waals surface area contributed by atoms with E-state index in [9.17, 15) is 4.11 Å². The lowest BCUT2D eigenvalue weighted by Crippen LogP contribution is -1.93. The summed E-state index contributed by atoms with van der Waals surface area (Å²) < 4.78 is 78.5. The molecule has 0 aliphatic carbocycles. The molecule has 0 amide bonds. The fourth-order valence-corrected chi connectivity index (χ4v) is 7.32. The van der Waals surface area contributed by atoms with Crippen molar-refractivity contribution in [3.05, 3.63) is 182 Å². The number of hydrogen-bond acceptors (Lipinski definition) is 1. The van der Waals surface area contributed by atoms with Crippen molar-refractivity contribution in [3.63, 3.8) is 0 Å². The number of rotatable bonds is 4. The monoisotopic (exact) mass is 630 g/mol. The Kier molecular flexibility index (Phi) is 4.69. The van der Waals surface area contributed by atoms with Crippen LogP contribution in [0.25, 0.3) is 98.8 Å². The van der Waals surface area contributed by atoms with Gasteiger partial charge in [-0.3, -0.25) is 0 Å². The van der Waals surface area contributed by atoms with Crippen LogP contribution < -0.4 is 0 Å². The summed E-state index contributed by atoms with van der Waals surface area (Å²) in [6, 6.07) is 40.1. The summed E-state index contributed by atoms with van der Waals surface area (Å²) in [6.45, 7) is 0. The molecule has 0 radical (unpaired) electrons. The first-order valence-corrected chi connectivity index (χ1v) is 16.2. The van der Waals surface area contributed by atoms with Crippen molar-refractivity contribution in [2.24, 2.45) is 0 Å². The molecule has 10 rings (SSSR count). The van der Waals surface area contributed by atoms with Gasteiger partial charge in [0.05, 0.1) is 11.0 Å². The van der Waals surface area contributed by atoms with E-state index in [0.717, 1.165) is 65.4 Å². The van der Waals surface area contributed by atoms with E-state index < -0.39 is 30.2 Å². The highest BCUT2D eigenvalue weighted by molar-refractivity contribution is 6.26. The van der Waals surface area contributed by atoms with Crippen molar-refractivity contribution in [2.75, 3.05) is 0 Å². The van der Waals surface area contributed by atoms with Gasteiger partial charge in [0.25, 0.3) is 0 Å². The predicted molar refractivity (Wildman–Crippen MR) is 208 cm³/mol. The number of hydrogen-bond donors (Lipinski definition) is 0. The van der Waals surface area contributed by atoms with E-state index >= 15 is 0 Å². The molecule has 1 aromatic heterocycles. The number of fused-ring (bicyclic) bond motifs is 6.